The van der Waals surface area contributed by atoms with Gasteiger partial charge in [0, 0.05) is 24.3 Å². The van der Waals surface area contributed by atoms with E-state index in [0.29, 0.717) is 16.1 Å². The molecule has 152 valence electrons. The number of anilines is 2. The third kappa shape index (κ3) is 5.42. The summed E-state index contributed by atoms with van der Waals surface area (Å²) in [5.74, 6) is 0.199. The fraction of sp³-hybridized carbons (Fsp3) is 0.316. The second-order valence-electron chi connectivity index (χ2n) is 6.59. The van der Waals surface area contributed by atoms with Crippen molar-refractivity contribution in [3.8, 4) is 0 Å². The molecule has 0 fully saturated rings. The Morgan fingerprint density at radius 3 is 2.76 bits per heavy atom. The third-order valence-corrected chi connectivity index (χ3v) is 6.05. The number of nitrogens with one attached hydrogen (secondary N) is 2. The number of aromatic nitrogens is 4. The Hall–Kier alpha value is -2.72. The number of aryl methyl sites for hydroxylation is 2. The van der Waals surface area contributed by atoms with Gasteiger partial charge in [0.25, 0.3) is 0 Å². The van der Waals surface area contributed by atoms with Crippen LogP contribution in [0.5, 0.6) is 0 Å². The van der Waals surface area contributed by atoms with Gasteiger partial charge in [0.15, 0.2) is 10.3 Å². The van der Waals surface area contributed by atoms with Gasteiger partial charge in [0.1, 0.15) is 5.82 Å². The monoisotopic (exact) mass is 430 g/mol. The van der Waals surface area contributed by atoms with Crippen molar-refractivity contribution in [2.24, 2.45) is 7.05 Å². The van der Waals surface area contributed by atoms with Crippen molar-refractivity contribution in [2.45, 2.75) is 37.6 Å². The van der Waals surface area contributed by atoms with E-state index in [1.54, 1.807) is 30.1 Å². The molecule has 0 radical (unpaired) electrons. The molecule has 0 saturated carbocycles. The summed E-state index contributed by atoms with van der Waals surface area (Å²) in [7, 11) is 1.79. The maximum Gasteiger partial charge on any atom is 0.239 e. The number of carbonyl (C=O) groups excluding carboxylic acids is 2. The van der Waals surface area contributed by atoms with Gasteiger partial charge in [-0.1, -0.05) is 23.9 Å². The SMILES string of the molecule is Cc1ccc(C)c(NC(=O)Cc2nnc(SC(C)C(=O)Nc3nccs3)n2C)c1. The number of hydrogen-bond acceptors (Lipinski definition) is 7. The van der Waals surface area contributed by atoms with E-state index in [1.807, 2.05) is 32.0 Å². The molecular weight excluding hydrogens is 408 g/mol. The number of nitrogens with zero attached hydrogens (tertiary/aromatic N) is 4. The average molecular weight is 431 g/mol. The van der Waals surface area contributed by atoms with Crippen molar-refractivity contribution in [1.29, 1.82) is 0 Å². The van der Waals surface area contributed by atoms with Gasteiger partial charge < -0.3 is 15.2 Å². The molecule has 3 rings (SSSR count). The molecule has 0 saturated heterocycles. The zero-order valence-corrected chi connectivity index (χ0v) is 18.2. The van der Waals surface area contributed by atoms with Crippen LogP contribution in [0.1, 0.15) is 23.9 Å². The molecule has 0 aliphatic rings. The Kier molecular flexibility index (Phi) is 6.65. The lowest BCUT2D eigenvalue weighted by Gasteiger charge is -2.11. The summed E-state index contributed by atoms with van der Waals surface area (Å²) < 4.78 is 1.74. The zero-order valence-electron chi connectivity index (χ0n) is 16.6. The molecule has 29 heavy (non-hydrogen) atoms. The van der Waals surface area contributed by atoms with Gasteiger partial charge in [0.05, 0.1) is 11.7 Å². The van der Waals surface area contributed by atoms with E-state index in [-0.39, 0.29) is 18.2 Å². The molecule has 0 spiro atoms. The van der Waals surface area contributed by atoms with Crippen LogP contribution in [0.3, 0.4) is 0 Å². The molecule has 2 aromatic heterocycles. The molecule has 2 amide bonds. The largest absolute Gasteiger partial charge is 0.325 e. The second kappa shape index (κ2) is 9.19. The minimum Gasteiger partial charge on any atom is -0.325 e. The first-order valence-corrected chi connectivity index (χ1v) is 10.7. The number of thioether (sulfide) groups is 1. The Morgan fingerprint density at radius 1 is 1.24 bits per heavy atom. The first-order valence-electron chi connectivity index (χ1n) is 8.96. The Balaban J connectivity index is 1.60. The molecule has 3 aromatic rings. The second-order valence-corrected chi connectivity index (χ2v) is 8.79. The number of rotatable bonds is 7. The van der Waals surface area contributed by atoms with Crippen LogP contribution in [0.25, 0.3) is 0 Å². The first kappa shape index (κ1) is 21.0. The highest BCUT2D eigenvalue weighted by Crippen LogP contribution is 2.23. The van der Waals surface area contributed by atoms with Crippen molar-refractivity contribution in [3.63, 3.8) is 0 Å². The quantitative estimate of drug-likeness (QED) is 0.558. The number of hydrogen-bond donors (Lipinski definition) is 2. The number of carbonyl (C=O) groups is 2. The lowest BCUT2D eigenvalue weighted by atomic mass is 10.1. The third-order valence-electron chi connectivity index (χ3n) is 4.22. The van der Waals surface area contributed by atoms with E-state index in [1.165, 1.54) is 23.1 Å². The molecule has 0 bridgehead atoms. The fourth-order valence-electron chi connectivity index (χ4n) is 2.51. The summed E-state index contributed by atoms with van der Waals surface area (Å²) in [5.41, 5.74) is 2.87. The van der Waals surface area contributed by atoms with Gasteiger partial charge in [-0.2, -0.15) is 0 Å². The average Bonchev–Trinajstić information content (AvgIpc) is 3.30. The van der Waals surface area contributed by atoms with Crippen LogP contribution in [-0.4, -0.2) is 36.8 Å². The molecule has 1 aromatic carbocycles. The van der Waals surface area contributed by atoms with E-state index in [4.69, 9.17) is 0 Å². The van der Waals surface area contributed by atoms with E-state index in [2.05, 4.69) is 25.8 Å². The molecule has 8 nitrogen and oxygen atoms in total. The molecule has 2 N–H and O–H groups in total. The van der Waals surface area contributed by atoms with Crippen molar-refractivity contribution in [3.05, 3.63) is 46.7 Å². The highest BCUT2D eigenvalue weighted by atomic mass is 32.2. The first-order chi connectivity index (χ1) is 13.8. The van der Waals surface area contributed by atoms with Gasteiger partial charge in [-0.25, -0.2) is 4.98 Å². The van der Waals surface area contributed by atoms with Gasteiger partial charge in [-0.15, -0.1) is 21.5 Å². The topological polar surface area (TPSA) is 102 Å². The molecular formula is C19H22N6O2S2. The molecule has 0 aliphatic carbocycles. The van der Waals surface area contributed by atoms with E-state index < -0.39 is 5.25 Å². The highest BCUT2D eigenvalue weighted by Gasteiger charge is 2.20. The molecule has 10 heteroatoms. The number of amides is 2. The van der Waals surface area contributed by atoms with Crippen LogP contribution >= 0.6 is 23.1 Å². The number of benzene rings is 1. The van der Waals surface area contributed by atoms with E-state index in [0.717, 1.165) is 16.8 Å². The van der Waals surface area contributed by atoms with E-state index >= 15 is 0 Å². The standard InChI is InChI=1S/C19H22N6O2S2/c1-11-5-6-12(2)14(9-11)21-16(26)10-15-23-24-19(25(15)4)29-13(3)17(27)22-18-20-7-8-28-18/h5-9,13H,10H2,1-4H3,(H,21,26)(H,20,22,27). The normalized spacial score (nSPS) is 11.9. The van der Waals surface area contributed by atoms with Gasteiger partial charge in [-0.05, 0) is 38.0 Å². The highest BCUT2D eigenvalue weighted by molar-refractivity contribution is 8.00. The maximum absolute atomic E-state index is 12.4. The van der Waals surface area contributed by atoms with Crippen LogP contribution in [0.2, 0.25) is 0 Å². The summed E-state index contributed by atoms with van der Waals surface area (Å²) in [4.78, 5) is 28.8. The summed E-state index contributed by atoms with van der Waals surface area (Å²) in [6.45, 7) is 5.71. The molecule has 1 atom stereocenters. The van der Waals surface area contributed by atoms with Gasteiger partial charge in [-0.3, -0.25) is 9.59 Å². The summed E-state index contributed by atoms with van der Waals surface area (Å²) in [5, 5.41) is 16.5. The van der Waals surface area contributed by atoms with Gasteiger partial charge >= 0.3 is 0 Å². The lowest BCUT2D eigenvalue weighted by molar-refractivity contribution is -0.116. The summed E-state index contributed by atoms with van der Waals surface area (Å²) in [6, 6.07) is 5.91. The Morgan fingerprint density at radius 2 is 2.03 bits per heavy atom. The minimum atomic E-state index is -0.390. The van der Waals surface area contributed by atoms with Crippen LogP contribution in [0.4, 0.5) is 10.8 Å². The van der Waals surface area contributed by atoms with Crippen molar-refractivity contribution < 1.29 is 9.59 Å². The smallest absolute Gasteiger partial charge is 0.239 e. The van der Waals surface area contributed by atoms with Crippen molar-refractivity contribution >= 4 is 45.7 Å². The lowest BCUT2D eigenvalue weighted by Crippen LogP contribution is -2.22. The van der Waals surface area contributed by atoms with Gasteiger partial charge in [0.2, 0.25) is 11.8 Å². The fourth-order valence-corrected chi connectivity index (χ4v) is 3.88. The molecule has 1 unspecified atom stereocenters. The Labute approximate surface area is 177 Å². The predicted octanol–water partition coefficient (Wildman–Crippen LogP) is 3.19. The number of thiazole rings is 1. The summed E-state index contributed by atoms with van der Waals surface area (Å²) >= 11 is 2.64. The van der Waals surface area contributed by atoms with E-state index in [9.17, 15) is 9.59 Å². The van der Waals surface area contributed by atoms with Crippen LogP contribution < -0.4 is 10.6 Å². The predicted molar refractivity (Wildman–Crippen MR) is 115 cm³/mol. The Bertz CT molecular complexity index is 1020. The zero-order chi connectivity index (χ0) is 21.0. The van der Waals surface area contributed by atoms with Crippen molar-refractivity contribution in [2.75, 3.05) is 10.6 Å². The summed E-state index contributed by atoms with van der Waals surface area (Å²) in [6.07, 6.45) is 1.73. The van der Waals surface area contributed by atoms with Crippen LogP contribution in [0.15, 0.2) is 34.9 Å². The molecule has 0 aliphatic heterocycles. The van der Waals surface area contributed by atoms with Crippen molar-refractivity contribution in [1.82, 2.24) is 19.7 Å². The molecule has 2 heterocycles. The van der Waals surface area contributed by atoms with Crippen LogP contribution in [-0.2, 0) is 23.1 Å². The van der Waals surface area contributed by atoms with Crippen LogP contribution in [0, 0.1) is 13.8 Å². The minimum absolute atomic E-state index is 0.0944. The maximum atomic E-state index is 12.4.